The lowest BCUT2D eigenvalue weighted by Gasteiger charge is -2.17. The molecule has 0 saturated heterocycles. The van der Waals surface area contributed by atoms with Gasteiger partial charge in [0.15, 0.2) is 0 Å². The first-order valence-electron chi connectivity index (χ1n) is 6.55. The molecular weight excluding hydrogens is 318 g/mol. The Labute approximate surface area is 127 Å². The van der Waals surface area contributed by atoms with E-state index < -0.39 is 0 Å². The molecule has 0 bridgehead atoms. The normalized spacial score (nSPS) is 10.6. The van der Waals surface area contributed by atoms with E-state index in [0.717, 1.165) is 15.7 Å². The van der Waals surface area contributed by atoms with Crippen LogP contribution in [-0.2, 0) is 13.1 Å². The number of hydrogen-bond donors (Lipinski definition) is 0. The summed E-state index contributed by atoms with van der Waals surface area (Å²) in [4.78, 5) is 14.2. The van der Waals surface area contributed by atoms with Crippen molar-refractivity contribution in [2.24, 2.45) is 0 Å². The Morgan fingerprint density at radius 1 is 1.40 bits per heavy atom. The molecule has 1 aromatic carbocycles. The summed E-state index contributed by atoms with van der Waals surface area (Å²) in [6.07, 6.45) is 0. The summed E-state index contributed by atoms with van der Waals surface area (Å²) in [6.45, 7) is 5.15. The molecule has 0 spiro atoms. The summed E-state index contributed by atoms with van der Waals surface area (Å²) in [6, 6.07) is 9.81. The van der Waals surface area contributed by atoms with Crippen molar-refractivity contribution in [2.75, 3.05) is 7.05 Å². The highest BCUT2D eigenvalue weighted by Gasteiger charge is 2.17. The maximum absolute atomic E-state index is 12.5. The molecule has 0 saturated carbocycles. The van der Waals surface area contributed by atoms with E-state index >= 15 is 0 Å². The minimum Gasteiger partial charge on any atom is -0.336 e. The third-order valence-electron chi connectivity index (χ3n) is 3.08. The van der Waals surface area contributed by atoms with Gasteiger partial charge in [-0.2, -0.15) is 5.10 Å². The Hall–Kier alpha value is -1.62. The van der Waals surface area contributed by atoms with Crippen molar-refractivity contribution in [3.8, 4) is 0 Å². The Balaban J connectivity index is 2.16. The van der Waals surface area contributed by atoms with Crippen molar-refractivity contribution >= 4 is 21.8 Å². The fourth-order valence-electron chi connectivity index (χ4n) is 2.14. The molecule has 2 rings (SSSR count). The van der Waals surface area contributed by atoms with Gasteiger partial charge in [-0.05, 0) is 37.6 Å². The molecule has 2 aromatic rings. The van der Waals surface area contributed by atoms with Crippen LogP contribution in [0.5, 0.6) is 0 Å². The molecule has 0 aliphatic carbocycles. The minimum atomic E-state index is -0.00701. The number of aryl methyl sites for hydroxylation is 2. The second-order valence-electron chi connectivity index (χ2n) is 4.78. The Morgan fingerprint density at radius 3 is 2.80 bits per heavy atom. The predicted octanol–water partition coefficient (Wildman–Crippen LogP) is 3.25. The third kappa shape index (κ3) is 3.28. The van der Waals surface area contributed by atoms with Gasteiger partial charge < -0.3 is 4.90 Å². The number of benzene rings is 1. The van der Waals surface area contributed by atoms with Crippen LogP contribution < -0.4 is 0 Å². The van der Waals surface area contributed by atoms with E-state index in [1.54, 1.807) is 9.58 Å². The van der Waals surface area contributed by atoms with E-state index in [0.29, 0.717) is 18.8 Å². The van der Waals surface area contributed by atoms with Crippen LogP contribution in [0.4, 0.5) is 0 Å². The van der Waals surface area contributed by atoms with E-state index in [2.05, 4.69) is 21.0 Å². The van der Waals surface area contributed by atoms with Gasteiger partial charge in [0.05, 0.1) is 5.69 Å². The molecule has 4 nitrogen and oxygen atoms in total. The average Bonchev–Trinajstić information content (AvgIpc) is 2.79. The van der Waals surface area contributed by atoms with E-state index in [9.17, 15) is 4.79 Å². The molecule has 0 atom stereocenters. The van der Waals surface area contributed by atoms with Gasteiger partial charge in [-0.3, -0.25) is 9.48 Å². The zero-order chi connectivity index (χ0) is 14.7. The van der Waals surface area contributed by atoms with Gasteiger partial charge in [-0.15, -0.1) is 0 Å². The van der Waals surface area contributed by atoms with Gasteiger partial charge in [0.1, 0.15) is 5.69 Å². The molecular formula is C15H18BrN3O. The molecule has 0 aliphatic rings. The SMILES string of the molecule is CCn1nc(C)cc1C(=O)N(C)Cc1cccc(Br)c1. The summed E-state index contributed by atoms with van der Waals surface area (Å²) in [7, 11) is 1.81. The smallest absolute Gasteiger partial charge is 0.272 e. The van der Waals surface area contributed by atoms with Crippen LogP contribution in [0.1, 0.15) is 28.7 Å². The first-order valence-corrected chi connectivity index (χ1v) is 7.35. The monoisotopic (exact) mass is 335 g/mol. The number of carbonyl (C=O) groups is 1. The second kappa shape index (κ2) is 6.22. The van der Waals surface area contributed by atoms with Crippen LogP contribution in [0.3, 0.4) is 0 Å². The van der Waals surface area contributed by atoms with Crippen LogP contribution in [0.15, 0.2) is 34.8 Å². The minimum absolute atomic E-state index is 0.00701. The van der Waals surface area contributed by atoms with Crippen LogP contribution in [-0.4, -0.2) is 27.6 Å². The summed E-state index contributed by atoms with van der Waals surface area (Å²) in [5.41, 5.74) is 2.60. The van der Waals surface area contributed by atoms with Gasteiger partial charge in [0.2, 0.25) is 0 Å². The van der Waals surface area contributed by atoms with Crippen LogP contribution in [0.2, 0.25) is 0 Å². The quantitative estimate of drug-likeness (QED) is 0.860. The fraction of sp³-hybridized carbons (Fsp3) is 0.333. The number of amides is 1. The Bertz CT molecular complexity index is 621. The van der Waals surface area contributed by atoms with Crippen molar-refractivity contribution < 1.29 is 4.79 Å². The fourth-order valence-corrected chi connectivity index (χ4v) is 2.58. The highest BCUT2D eigenvalue weighted by Crippen LogP contribution is 2.14. The van der Waals surface area contributed by atoms with E-state index in [1.165, 1.54) is 0 Å². The number of aromatic nitrogens is 2. The molecule has 20 heavy (non-hydrogen) atoms. The Kier molecular flexibility index (Phi) is 4.60. The third-order valence-corrected chi connectivity index (χ3v) is 3.57. The molecule has 0 N–H and O–H groups in total. The molecule has 0 fully saturated rings. The lowest BCUT2D eigenvalue weighted by molar-refractivity contribution is 0.0772. The predicted molar refractivity (Wildman–Crippen MR) is 82.6 cm³/mol. The van der Waals surface area contributed by atoms with Gasteiger partial charge in [-0.25, -0.2) is 0 Å². The van der Waals surface area contributed by atoms with E-state index in [-0.39, 0.29) is 5.91 Å². The first-order chi connectivity index (χ1) is 9.51. The molecule has 0 aliphatic heterocycles. The van der Waals surface area contributed by atoms with Crippen LogP contribution in [0.25, 0.3) is 0 Å². The van der Waals surface area contributed by atoms with Crippen molar-refractivity contribution in [3.05, 3.63) is 51.8 Å². The zero-order valence-electron chi connectivity index (χ0n) is 11.9. The van der Waals surface area contributed by atoms with Gasteiger partial charge in [0, 0.05) is 24.6 Å². The highest BCUT2D eigenvalue weighted by molar-refractivity contribution is 9.10. The standard InChI is InChI=1S/C15H18BrN3O/c1-4-19-14(8-11(2)17-19)15(20)18(3)10-12-6-5-7-13(16)9-12/h5-9H,4,10H2,1-3H3. The van der Waals surface area contributed by atoms with Crippen molar-refractivity contribution in [1.82, 2.24) is 14.7 Å². The molecule has 0 radical (unpaired) electrons. The summed E-state index contributed by atoms with van der Waals surface area (Å²) < 4.78 is 2.76. The second-order valence-corrected chi connectivity index (χ2v) is 5.69. The molecule has 1 heterocycles. The first kappa shape index (κ1) is 14.8. The van der Waals surface area contributed by atoms with Crippen LogP contribution in [0, 0.1) is 6.92 Å². The van der Waals surface area contributed by atoms with Crippen molar-refractivity contribution in [1.29, 1.82) is 0 Å². The van der Waals surface area contributed by atoms with Crippen LogP contribution >= 0.6 is 15.9 Å². The van der Waals surface area contributed by atoms with Gasteiger partial charge >= 0.3 is 0 Å². The summed E-state index contributed by atoms with van der Waals surface area (Å²) in [5.74, 6) is -0.00701. The lowest BCUT2D eigenvalue weighted by atomic mass is 10.2. The average molecular weight is 336 g/mol. The lowest BCUT2D eigenvalue weighted by Crippen LogP contribution is -2.28. The number of halogens is 1. The van der Waals surface area contributed by atoms with Gasteiger partial charge in [-0.1, -0.05) is 28.1 Å². The maximum Gasteiger partial charge on any atom is 0.272 e. The number of hydrogen-bond acceptors (Lipinski definition) is 2. The van der Waals surface area contributed by atoms with Gasteiger partial charge in [0.25, 0.3) is 5.91 Å². The van der Waals surface area contributed by atoms with Crippen molar-refractivity contribution in [2.45, 2.75) is 26.9 Å². The Morgan fingerprint density at radius 2 is 2.15 bits per heavy atom. The summed E-state index contributed by atoms with van der Waals surface area (Å²) >= 11 is 3.44. The molecule has 1 aromatic heterocycles. The van der Waals surface area contributed by atoms with E-state index in [1.807, 2.05) is 51.2 Å². The zero-order valence-corrected chi connectivity index (χ0v) is 13.5. The largest absolute Gasteiger partial charge is 0.336 e. The number of carbonyl (C=O) groups excluding carboxylic acids is 1. The number of rotatable bonds is 4. The number of nitrogens with zero attached hydrogens (tertiary/aromatic N) is 3. The molecule has 1 amide bonds. The molecule has 5 heteroatoms. The topological polar surface area (TPSA) is 38.1 Å². The highest BCUT2D eigenvalue weighted by atomic mass is 79.9. The van der Waals surface area contributed by atoms with E-state index in [4.69, 9.17) is 0 Å². The van der Waals surface area contributed by atoms with Crippen molar-refractivity contribution in [3.63, 3.8) is 0 Å². The summed E-state index contributed by atoms with van der Waals surface area (Å²) in [5, 5.41) is 4.32. The maximum atomic E-state index is 12.5. The molecule has 106 valence electrons. The molecule has 0 unspecified atom stereocenters.